The maximum atomic E-state index is 11.5. The van der Waals surface area contributed by atoms with E-state index in [4.69, 9.17) is 4.74 Å². The normalized spacial score (nSPS) is 20.0. The zero-order valence-corrected chi connectivity index (χ0v) is 12.8. The minimum Gasteiger partial charge on any atom is -0.379 e. The highest BCUT2D eigenvalue weighted by atomic mass is 16.5. The van der Waals surface area contributed by atoms with Crippen molar-refractivity contribution in [3.05, 3.63) is 35.4 Å². The fourth-order valence-corrected chi connectivity index (χ4v) is 2.49. The van der Waals surface area contributed by atoms with Gasteiger partial charge in [-0.25, -0.2) is 0 Å². The maximum absolute atomic E-state index is 11.5. The van der Waals surface area contributed by atoms with E-state index in [0.29, 0.717) is 17.6 Å². The Labute approximate surface area is 126 Å². The number of carbonyl (C=O) groups is 1. The Morgan fingerprint density at radius 2 is 2.19 bits per heavy atom. The molecule has 1 aliphatic heterocycles. The van der Waals surface area contributed by atoms with E-state index in [1.165, 1.54) is 5.56 Å². The van der Waals surface area contributed by atoms with Gasteiger partial charge in [0.1, 0.15) is 0 Å². The number of benzene rings is 1. The van der Waals surface area contributed by atoms with Gasteiger partial charge < -0.3 is 20.7 Å². The monoisotopic (exact) mass is 291 g/mol. The number of hydrogen-bond donors (Lipinski definition) is 3. The van der Waals surface area contributed by atoms with Crippen molar-refractivity contribution in [2.75, 3.05) is 26.8 Å². The van der Waals surface area contributed by atoms with Crippen molar-refractivity contribution in [2.24, 2.45) is 0 Å². The van der Waals surface area contributed by atoms with Crippen molar-refractivity contribution in [3.63, 3.8) is 0 Å². The van der Waals surface area contributed by atoms with Gasteiger partial charge in [-0.3, -0.25) is 4.79 Å². The van der Waals surface area contributed by atoms with Crippen LogP contribution in [-0.2, 0) is 11.3 Å². The van der Waals surface area contributed by atoms with Crippen molar-refractivity contribution in [1.82, 2.24) is 16.0 Å². The number of ether oxygens (including phenoxy) is 1. The molecule has 21 heavy (non-hydrogen) atoms. The second-order valence-corrected chi connectivity index (χ2v) is 5.52. The summed E-state index contributed by atoms with van der Waals surface area (Å²) in [4.78, 5) is 11.5. The van der Waals surface area contributed by atoms with Gasteiger partial charge in [0.25, 0.3) is 5.91 Å². The van der Waals surface area contributed by atoms with Crippen molar-refractivity contribution in [3.8, 4) is 0 Å². The molecule has 0 radical (unpaired) electrons. The number of morpholine rings is 1. The van der Waals surface area contributed by atoms with Crippen molar-refractivity contribution >= 4 is 5.91 Å². The van der Waals surface area contributed by atoms with Crippen LogP contribution in [0.3, 0.4) is 0 Å². The zero-order valence-electron chi connectivity index (χ0n) is 12.8. The van der Waals surface area contributed by atoms with E-state index < -0.39 is 0 Å². The lowest BCUT2D eigenvalue weighted by Gasteiger charge is -2.26. The molecule has 2 unspecified atom stereocenters. The fourth-order valence-electron chi connectivity index (χ4n) is 2.49. The molecule has 1 aliphatic rings. The highest BCUT2D eigenvalue weighted by Crippen LogP contribution is 2.07. The smallest absolute Gasteiger partial charge is 0.251 e. The molecule has 0 bridgehead atoms. The van der Waals surface area contributed by atoms with Gasteiger partial charge in [-0.1, -0.05) is 12.1 Å². The first-order valence-electron chi connectivity index (χ1n) is 7.54. The van der Waals surface area contributed by atoms with Crippen LogP contribution in [0.4, 0.5) is 0 Å². The van der Waals surface area contributed by atoms with E-state index in [9.17, 15) is 4.79 Å². The van der Waals surface area contributed by atoms with E-state index in [1.807, 2.05) is 24.3 Å². The molecule has 1 heterocycles. The van der Waals surface area contributed by atoms with Gasteiger partial charge in [0.05, 0.1) is 13.2 Å². The summed E-state index contributed by atoms with van der Waals surface area (Å²) in [6, 6.07) is 8.56. The predicted octanol–water partition coefficient (Wildman–Crippen LogP) is 0.903. The second-order valence-electron chi connectivity index (χ2n) is 5.52. The van der Waals surface area contributed by atoms with Crippen LogP contribution in [0, 0.1) is 0 Å². The standard InChI is InChI=1S/C16H25N3O2/c1-12(9-15-11-21-8-7-18-15)19-10-13-3-5-14(6-4-13)16(20)17-2/h3-6,12,15,18-19H,7-11H2,1-2H3,(H,17,20). The summed E-state index contributed by atoms with van der Waals surface area (Å²) in [5, 5.41) is 9.60. The number of amides is 1. The Hall–Kier alpha value is -1.43. The molecule has 116 valence electrons. The molecule has 0 aliphatic carbocycles. The summed E-state index contributed by atoms with van der Waals surface area (Å²) in [5.41, 5.74) is 1.88. The first-order chi connectivity index (χ1) is 10.2. The Morgan fingerprint density at radius 1 is 1.43 bits per heavy atom. The van der Waals surface area contributed by atoms with Gasteiger partial charge in [-0.2, -0.15) is 0 Å². The molecule has 0 aromatic heterocycles. The van der Waals surface area contributed by atoms with Crippen molar-refractivity contribution in [1.29, 1.82) is 0 Å². The first kappa shape index (κ1) is 15.9. The van der Waals surface area contributed by atoms with Gasteiger partial charge in [-0.05, 0) is 31.0 Å². The SMILES string of the molecule is CNC(=O)c1ccc(CNC(C)CC2COCCN2)cc1. The van der Waals surface area contributed by atoms with Crippen LogP contribution in [0.1, 0.15) is 29.3 Å². The Balaban J connectivity index is 1.75. The van der Waals surface area contributed by atoms with Crippen LogP contribution >= 0.6 is 0 Å². The molecule has 5 nitrogen and oxygen atoms in total. The van der Waals surface area contributed by atoms with E-state index in [0.717, 1.165) is 32.7 Å². The summed E-state index contributed by atoms with van der Waals surface area (Å²) in [6.07, 6.45) is 1.05. The Kier molecular flexibility index (Phi) is 6.17. The second kappa shape index (κ2) is 8.12. The van der Waals surface area contributed by atoms with Gasteiger partial charge in [-0.15, -0.1) is 0 Å². The minimum atomic E-state index is -0.0498. The summed E-state index contributed by atoms with van der Waals surface area (Å²) in [5.74, 6) is -0.0498. The van der Waals surface area contributed by atoms with Crippen LogP contribution in [0.15, 0.2) is 24.3 Å². The molecule has 0 saturated carbocycles. The Morgan fingerprint density at radius 3 is 2.81 bits per heavy atom. The summed E-state index contributed by atoms with van der Waals surface area (Å²) in [6.45, 7) is 5.55. The average molecular weight is 291 g/mol. The van der Waals surface area contributed by atoms with Crippen molar-refractivity contribution < 1.29 is 9.53 Å². The molecular weight excluding hydrogens is 266 g/mol. The molecule has 0 spiro atoms. The van der Waals surface area contributed by atoms with Crippen LogP contribution in [-0.4, -0.2) is 44.8 Å². The molecule has 1 amide bonds. The lowest BCUT2D eigenvalue weighted by atomic mass is 10.1. The third-order valence-corrected chi connectivity index (χ3v) is 3.73. The predicted molar refractivity (Wildman–Crippen MR) is 83.4 cm³/mol. The molecule has 1 aromatic rings. The summed E-state index contributed by atoms with van der Waals surface area (Å²) >= 11 is 0. The Bertz CT molecular complexity index is 441. The number of carbonyl (C=O) groups excluding carboxylic acids is 1. The largest absolute Gasteiger partial charge is 0.379 e. The third kappa shape index (κ3) is 5.12. The third-order valence-electron chi connectivity index (χ3n) is 3.73. The minimum absolute atomic E-state index is 0.0498. The van der Waals surface area contributed by atoms with Gasteiger partial charge >= 0.3 is 0 Å². The molecule has 1 fully saturated rings. The summed E-state index contributed by atoms with van der Waals surface area (Å²) in [7, 11) is 1.64. The fraction of sp³-hybridized carbons (Fsp3) is 0.562. The average Bonchev–Trinajstić information content (AvgIpc) is 2.53. The van der Waals surface area contributed by atoms with Crippen LogP contribution < -0.4 is 16.0 Å². The molecular formula is C16H25N3O2. The van der Waals surface area contributed by atoms with Crippen molar-refractivity contribution in [2.45, 2.75) is 32.0 Å². The van der Waals surface area contributed by atoms with Gasteiger partial charge in [0, 0.05) is 37.8 Å². The first-order valence-corrected chi connectivity index (χ1v) is 7.54. The van der Waals surface area contributed by atoms with E-state index in [-0.39, 0.29) is 5.91 Å². The van der Waals surface area contributed by atoms with Gasteiger partial charge in [0.2, 0.25) is 0 Å². The van der Waals surface area contributed by atoms with E-state index in [1.54, 1.807) is 7.05 Å². The summed E-state index contributed by atoms with van der Waals surface area (Å²) < 4.78 is 5.46. The molecule has 2 atom stereocenters. The quantitative estimate of drug-likeness (QED) is 0.729. The van der Waals surface area contributed by atoms with Gasteiger partial charge in [0.15, 0.2) is 0 Å². The van der Waals surface area contributed by atoms with E-state index in [2.05, 4.69) is 22.9 Å². The highest BCUT2D eigenvalue weighted by molar-refractivity contribution is 5.93. The maximum Gasteiger partial charge on any atom is 0.251 e. The molecule has 5 heteroatoms. The number of hydrogen-bond acceptors (Lipinski definition) is 4. The zero-order chi connectivity index (χ0) is 15.1. The highest BCUT2D eigenvalue weighted by Gasteiger charge is 2.15. The van der Waals surface area contributed by atoms with E-state index >= 15 is 0 Å². The molecule has 1 aromatic carbocycles. The number of rotatable bonds is 6. The molecule has 2 rings (SSSR count). The van der Waals surface area contributed by atoms with Crippen LogP contribution in [0.5, 0.6) is 0 Å². The lowest BCUT2D eigenvalue weighted by molar-refractivity contribution is 0.0712. The van der Waals surface area contributed by atoms with Crippen LogP contribution in [0.25, 0.3) is 0 Å². The molecule has 3 N–H and O–H groups in total. The molecule has 1 saturated heterocycles. The van der Waals surface area contributed by atoms with Crippen LogP contribution in [0.2, 0.25) is 0 Å². The topological polar surface area (TPSA) is 62.4 Å². The lowest BCUT2D eigenvalue weighted by Crippen LogP contribution is -2.44. The number of nitrogens with one attached hydrogen (secondary N) is 3.